The molecule has 0 unspecified atom stereocenters. The number of carbonyl (C=O) groups is 2. The number of rotatable bonds is 9. The number of benzene rings is 3. The van der Waals surface area contributed by atoms with Crippen LogP contribution in [0.2, 0.25) is 0 Å². The smallest absolute Gasteiger partial charge is 0.334 e. The number of hydrogen-bond acceptors (Lipinski definition) is 6. The number of likely N-dealkylation sites (tertiary alicyclic amines) is 1. The third kappa shape index (κ3) is 5.49. The van der Waals surface area contributed by atoms with Crippen LogP contribution in [0.4, 0.5) is 0 Å². The van der Waals surface area contributed by atoms with Crippen LogP contribution in [0, 0.1) is 0 Å². The van der Waals surface area contributed by atoms with Crippen molar-refractivity contribution < 1.29 is 22.7 Å². The van der Waals surface area contributed by atoms with E-state index in [2.05, 4.69) is 6.58 Å². The minimum absolute atomic E-state index is 0.00852. The number of hydrogen-bond donors (Lipinski definition) is 0. The highest BCUT2D eigenvalue weighted by Gasteiger charge is 2.47. The summed E-state index contributed by atoms with van der Waals surface area (Å²) in [6, 6.07) is 25.5. The molecule has 1 aliphatic rings. The molecule has 0 aliphatic carbocycles. The van der Waals surface area contributed by atoms with Gasteiger partial charge in [-0.25, -0.2) is 13.2 Å². The fraction of sp³-hybridized carbons (Fsp3) is 0.185. The molecule has 3 aromatic rings. The molecular formula is C27H25NO5S2. The van der Waals surface area contributed by atoms with Gasteiger partial charge in [0.1, 0.15) is 5.37 Å². The van der Waals surface area contributed by atoms with Crippen LogP contribution in [0.1, 0.15) is 30.6 Å². The first kappa shape index (κ1) is 24.8. The molecule has 2 atom stereocenters. The lowest BCUT2D eigenvalue weighted by atomic mass is 10.00. The fourth-order valence-electron chi connectivity index (χ4n) is 3.90. The van der Waals surface area contributed by atoms with Crippen molar-refractivity contribution in [2.24, 2.45) is 0 Å². The lowest BCUT2D eigenvalue weighted by molar-refractivity contribution is -0.162. The molecule has 0 saturated carbocycles. The molecule has 6 nitrogen and oxygen atoms in total. The Kier molecular flexibility index (Phi) is 7.42. The fourth-order valence-corrected chi connectivity index (χ4v) is 7.36. The number of β-lactam (4-membered cyclic amide) rings is 1. The molecule has 1 heterocycles. The highest BCUT2D eigenvalue weighted by atomic mass is 33.1. The van der Waals surface area contributed by atoms with E-state index in [1.54, 1.807) is 25.1 Å². The molecule has 0 aromatic heterocycles. The van der Waals surface area contributed by atoms with Gasteiger partial charge in [-0.3, -0.25) is 4.79 Å². The Balaban J connectivity index is 1.59. The minimum Gasteiger partial charge on any atom is -0.451 e. The van der Waals surface area contributed by atoms with Gasteiger partial charge < -0.3 is 9.64 Å². The van der Waals surface area contributed by atoms with Crippen molar-refractivity contribution in [2.45, 2.75) is 35.8 Å². The van der Waals surface area contributed by atoms with Gasteiger partial charge in [-0.15, -0.1) is 0 Å². The molecule has 1 amide bonds. The van der Waals surface area contributed by atoms with Gasteiger partial charge in [-0.2, -0.15) is 0 Å². The van der Waals surface area contributed by atoms with Gasteiger partial charge in [0.15, 0.2) is 12.1 Å². The molecule has 0 spiro atoms. The first-order valence-corrected chi connectivity index (χ1v) is 13.9. The maximum absolute atomic E-state index is 13.5. The summed E-state index contributed by atoms with van der Waals surface area (Å²) >= 11 is 0. The van der Waals surface area contributed by atoms with Crippen LogP contribution in [-0.2, 0) is 23.2 Å². The normalized spacial score (nSPS) is 16.5. The Morgan fingerprint density at radius 2 is 1.43 bits per heavy atom. The minimum atomic E-state index is -3.73. The molecule has 4 rings (SSSR count). The van der Waals surface area contributed by atoms with E-state index in [1.165, 1.54) is 17.0 Å². The first-order valence-electron chi connectivity index (χ1n) is 11.0. The van der Waals surface area contributed by atoms with Crippen LogP contribution in [0.5, 0.6) is 0 Å². The van der Waals surface area contributed by atoms with E-state index < -0.39 is 32.4 Å². The molecule has 0 bridgehead atoms. The summed E-state index contributed by atoms with van der Waals surface area (Å²) < 4.78 is 31.7. The summed E-state index contributed by atoms with van der Waals surface area (Å²) in [6.07, 6.45) is -0.684. The van der Waals surface area contributed by atoms with Gasteiger partial charge in [0, 0.05) is 0 Å². The van der Waals surface area contributed by atoms with Gasteiger partial charge in [0.05, 0.1) is 11.3 Å². The van der Waals surface area contributed by atoms with Crippen LogP contribution in [0.15, 0.2) is 108 Å². The highest BCUT2D eigenvalue weighted by molar-refractivity contribution is 8.72. The van der Waals surface area contributed by atoms with Crippen molar-refractivity contribution in [1.29, 1.82) is 0 Å². The molecule has 35 heavy (non-hydrogen) atoms. The van der Waals surface area contributed by atoms with Gasteiger partial charge in [0.25, 0.3) is 0 Å². The van der Waals surface area contributed by atoms with Crippen molar-refractivity contribution >= 4 is 31.5 Å². The number of esters is 1. The molecule has 180 valence electrons. The quantitative estimate of drug-likeness (QED) is 0.177. The zero-order valence-corrected chi connectivity index (χ0v) is 20.7. The Bertz CT molecular complexity index is 1270. The van der Waals surface area contributed by atoms with Crippen molar-refractivity contribution in [2.75, 3.05) is 0 Å². The average Bonchev–Trinajstić information content (AvgIpc) is 2.86. The van der Waals surface area contributed by atoms with E-state index in [1.807, 2.05) is 60.7 Å². The van der Waals surface area contributed by atoms with Crippen LogP contribution >= 0.6 is 10.8 Å². The SMILES string of the molecule is C=C(C)[C@H](C(=O)OC(c1ccccc1)c1ccccc1)N1C(=O)C[C@H]1SS(=O)(=O)c1ccccc1. The second-order valence-electron chi connectivity index (χ2n) is 8.21. The third-order valence-corrected chi connectivity index (χ3v) is 9.35. The van der Waals surface area contributed by atoms with Crippen LogP contribution in [0.25, 0.3) is 0 Å². The Hall–Kier alpha value is -3.36. The molecule has 3 aromatic carbocycles. The van der Waals surface area contributed by atoms with Crippen molar-refractivity contribution in [3.05, 3.63) is 114 Å². The number of amides is 1. The van der Waals surface area contributed by atoms with E-state index in [0.717, 1.165) is 11.1 Å². The maximum atomic E-state index is 13.5. The topological polar surface area (TPSA) is 80.8 Å². The first-order chi connectivity index (χ1) is 16.8. The predicted molar refractivity (Wildman–Crippen MR) is 136 cm³/mol. The molecule has 1 saturated heterocycles. The van der Waals surface area contributed by atoms with Gasteiger partial charge >= 0.3 is 5.97 Å². The van der Waals surface area contributed by atoms with Gasteiger partial charge in [-0.05, 0) is 46.6 Å². The predicted octanol–water partition coefficient (Wildman–Crippen LogP) is 4.94. The molecule has 8 heteroatoms. The summed E-state index contributed by atoms with van der Waals surface area (Å²) in [4.78, 5) is 27.5. The van der Waals surface area contributed by atoms with Crippen LogP contribution < -0.4 is 0 Å². The van der Waals surface area contributed by atoms with Crippen molar-refractivity contribution in [3.63, 3.8) is 0 Å². The largest absolute Gasteiger partial charge is 0.451 e. The second kappa shape index (κ2) is 10.5. The Morgan fingerprint density at radius 1 is 0.943 bits per heavy atom. The maximum Gasteiger partial charge on any atom is 0.334 e. The summed E-state index contributed by atoms with van der Waals surface area (Å²) in [5, 5.41) is -0.728. The third-order valence-electron chi connectivity index (χ3n) is 5.62. The molecular weight excluding hydrogens is 482 g/mol. The second-order valence-corrected chi connectivity index (χ2v) is 12.2. The molecule has 0 radical (unpaired) electrons. The van der Waals surface area contributed by atoms with E-state index >= 15 is 0 Å². The molecule has 1 fully saturated rings. The number of nitrogens with zero attached hydrogens (tertiary/aromatic N) is 1. The van der Waals surface area contributed by atoms with Crippen LogP contribution in [-0.4, -0.2) is 36.6 Å². The zero-order chi connectivity index (χ0) is 25.0. The lowest BCUT2D eigenvalue weighted by Gasteiger charge is -2.44. The molecule has 0 N–H and O–H groups in total. The monoisotopic (exact) mass is 507 g/mol. The Morgan fingerprint density at radius 3 is 1.89 bits per heavy atom. The van der Waals surface area contributed by atoms with Crippen LogP contribution in [0.3, 0.4) is 0 Å². The zero-order valence-electron chi connectivity index (χ0n) is 19.1. The summed E-state index contributed by atoms with van der Waals surface area (Å²) in [7, 11) is -3.07. The summed E-state index contributed by atoms with van der Waals surface area (Å²) in [5.41, 5.74) is 1.95. The molecule has 1 aliphatic heterocycles. The van der Waals surface area contributed by atoms with E-state index in [0.29, 0.717) is 16.4 Å². The average molecular weight is 508 g/mol. The van der Waals surface area contributed by atoms with E-state index in [9.17, 15) is 18.0 Å². The number of carbonyl (C=O) groups excluding carboxylic acids is 2. The highest BCUT2D eigenvalue weighted by Crippen LogP contribution is 2.40. The lowest BCUT2D eigenvalue weighted by Crippen LogP contribution is -2.59. The standard InChI is InChI=1S/C27H25NO5S2/c1-19(2)25(28-23(29)18-24(28)34-35(31,32)22-16-10-5-11-17-22)27(30)33-26(20-12-6-3-7-13-20)21-14-8-4-9-15-21/h3-17,24-26H,1,18H2,2H3/t24-,25-/m1/s1. The van der Waals surface area contributed by atoms with Gasteiger partial charge in [0.2, 0.25) is 14.8 Å². The summed E-state index contributed by atoms with van der Waals surface area (Å²) in [6.45, 7) is 5.53. The van der Waals surface area contributed by atoms with Crippen molar-refractivity contribution in [3.8, 4) is 0 Å². The Labute approximate surface area is 208 Å². The van der Waals surface area contributed by atoms with Crippen molar-refractivity contribution in [1.82, 2.24) is 4.90 Å². The van der Waals surface area contributed by atoms with E-state index in [-0.39, 0.29) is 17.2 Å². The van der Waals surface area contributed by atoms with E-state index in [4.69, 9.17) is 4.74 Å². The summed E-state index contributed by atoms with van der Waals surface area (Å²) in [5.74, 6) is -0.988. The number of ether oxygens (including phenoxy) is 1. The van der Waals surface area contributed by atoms with Gasteiger partial charge in [-0.1, -0.05) is 85.4 Å².